The fourth-order valence-corrected chi connectivity index (χ4v) is 5.02. The molecule has 0 saturated heterocycles. The van der Waals surface area contributed by atoms with E-state index in [4.69, 9.17) is 4.74 Å². The van der Waals surface area contributed by atoms with Gasteiger partial charge >= 0.3 is 5.97 Å². The van der Waals surface area contributed by atoms with Gasteiger partial charge in [-0.3, -0.25) is 23.8 Å². The molecule has 1 heterocycles. The van der Waals surface area contributed by atoms with E-state index in [1.54, 1.807) is 38.1 Å². The SMILES string of the molecule is CC[C@@H](C(=O)n1cc(C(=O)OC)c2ccccc21)N(c1cc([N+](=O)[O-])ccc1C)S(C)(=O)=O. The average molecular weight is 474 g/mol. The van der Waals surface area contributed by atoms with Crippen LogP contribution in [0.5, 0.6) is 0 Å². The van der Waals surface area contributed by atoms with Crippen molar-refractivity contribution in [2.24, 2.45) is 0 Å². The smallest absolute Gasteiger partial charge is 0.340 e. The van der Waals surface area contributed by atoms with Crippen molar-refractivity contribution in [3.63, 3.8) is 0 Å². The zero-order valence-corrected chi connectivity index (χ0v) is 19.3. The normalized spacial score (nSPS) is 12.4. The Balaban J connectivity index is 2.22. The van der Waals surface area contributed by atoms with Gasteiger partial charge in [0, 0.05) is 23.7 Å². The average Bonchev–Trinajstić information content (AvgIpc) is 3.16. The Kier molecular flexibility index (Phi) is 6.54. The molecule has 11 heteroatoms. The maximum absolute atomic E-state index is 13.7. The number of benzene rings is 2. The van der Waals surface area contributed by atoms with Crippen molar-refractivity contribution >= 4 is 44.2 Å². The minimum absolute atomic E-state index is 0.0385. The lowest BCUT2D eigenvalue weighted by Gasteiger charge is -2.31. The fourth-order valence-electron chi connectivity index (χ4n) is 3.76. The Morgan fingerprint density at radius 3 is 2.45 bits per heavy atom. The molecule has 10 nitrogen and oxygen atoms in total. The number of carbonyl (C=O) groups is 2. The number of nitro benzene ring substituents is 1. The number of carbonyl (C=O) groups excluding carboxylic acids is 2. The molecule has 0 bridgehead atoms. The van der Waals surface area contributed by atoms with Gasteiger partial charge in [0.1, 0.15) is 6.04 Å². The lowest BCUT2D eigenvalue weighted by Crippen LogP contribution is -2.46. The van der Waals surface area contributed by atoms with Crippen LogP contribution >= 0.6 is 0 Å². The van der Waals surface area contributed by atoms with Crippen LogP contribution < -0.4 is 4.31 Å². The minimum atomic E-state index is -4.03. The summed E-state index contributed by atoms with van der Waals surface area (Å²) >= 11 is 0. The molecule has 0 aliphatic heterocycles. The number of nitrogens with zero attached hydrogens (tertiary/aromatic N) is 3. The summed E-state index contributed by atoms with van der Waals surface area (Å²) < 4.78 is 32.6. The molecule has 33 heavy (non-hydrogen) atoms. The molecule has 0 fully saturated rings. The van der Waals surface area contributed by atoms with Gasteiger partial charge in [-0.05, 0) is 25.0 Å². The number of ether oxygens (including phenoxy) is 1. The second kappa shape index (κ2) is 9.02. The van der Waals surface area contributed by atoms with Gasteiger partial charge in [0.2, 0.25) is 10.0 Å². The monoisotopic (exact) mass is 473 g/mol. The number of nitro groups is 1. The maximum atomic E-state index is 13.7. The van der Waals surface area contributed by atoms with E-state index in [1.807, 2.05) is 0 Å². The van der Waals surface area contributed by atoms with Crippen molar-refractivity contribution in [3.8, 4) is 0 Å². The zero-order valence-electron chi connectivity index (χ0n) is 18.5. The molecule has 0 amide bonds. The largest absolute Gasteiger partial charge is 0.465 e. The van der Waals surface area contributed by atoms with Crippen LogP contribution in [0.1, 0.15) is 34.1 Å². The number of aromatic nitrogens is 1. The van der Waals surface area contributed by atoms with Crippen LogP contribution in [0, 0.1) is 17.0 Å². The van der Waals surface area contributed by atoms with Crippen LogP contribution in [0.4, 0.5) is 11.4 Å². The summed E-state index contributed by atoms with van der Waals surface area (Å²) in [4.78, 5) is 36.6. The molecule has 1 atom stereocenters. The van der Waals surface area contributed by atoms with E-state index in [-0.39, 0.29) is 23.4 Å². The number of hydrogen-bond donors (Lipinski definition) is 0. The second-order valence-electron chi connectivity index (χ2n) is 7.47. The molecule has 0 radical (unpaired) electrons. The highest BCUT2D eigenvalue weighted by atomic mass is 32.2. The van der Waals surface area contributed by atoms with Gasteiger partial charge in [-0.2, -0.15) is 0 Å². The first-order valence-electron chi connectivity index (χ1n) is 9.98. The zero-order chi connectivity index (χ0) is 24.5. The predicted octanol–water partition coefficient (Wildman–Crippen LogP) is 3.53. The molecule has 0 saturated carbocycles. The molecule has 2 aromatic carbocycles. The van der Waals surface area contributed by atoms with Crippen LogP contribution in [0.25, 0.3) is 10.9 Å². The van der Waals surface area contributed by atoms with Gasteiger partial charge in [-0.1, -0.05) is 31.2 Å². The number of non-ortho nitro benzene ring substituents is 1. The summed E-state index contributed by atoms with van der Waals surface area (Å²) in [5.74, 6) is -1.25. The minimum Gasteiger partial charge on any atom is -0.465 e. The van der Waals surface area contributed by atoms with Crippen molar-refractivity contribution in [2.75, 3.05) is 17.7 Å². The van der Waals surface area contributed by atoms with Crippen LogP contribution in [0.15, 0.2) is 48.7 Å². The van der Waals surface area contributed by atoms with Gasteiger partial charge in [-0.25, -0.2) is 13.2 Å². The number of aryl methyl sites for hydroxylation is 1. The van der Waals surface area contributed by atoms with E-state index in [0.717, 1.165) is 16.6 Å². The van der Waals surface area contributed by atoms with Gasteiger partial charge < -0.3 is 4.74 Å². The van der Waals surface area contributed by atoms with Gasteiger partial charge in [0.15, 0.2) is 0 Å². The third-order valence-corrected chi connectivity index (χ3v) is 6.47. The number of hydrogen-bond acceptors (Lipinski definition) is 7. The Bertz CT molecular complexity index is 1360. The highest BCUT2D eigenvalue weighted by Crippen LogP contribution is 2.31. The van der Waals surface area contributed by atoms with E-state index in [0.29, 0.717) is 16.5 Å². The number of para-hydroxylation sites is 1. The van der Waals surface area contributed by atoms with E-state index in [2.05, 4.69) is 0 Å². The summed E-state index contributed by atoms with van der Waals surface area (Å²) in [5, 5.41) is 11.8. The standard InChI is InChI=1S/C22H23N3O7S/c1-5-18(24(33(4,30)31)20-12-15(25(28)29)11-10-14(20)2)21(26)23-13-17(22(27)32-3)16-8-6-7-9-19(16)23/h6-13,18H,5H2,1-4H3/t18-/m0/s1. The molecule has 3 rings (SSSR count). The van der Waals surface area contributed by atoms with E-state index < -0.39 is 32.9 Å². The van der Waals surface area contributed by atoms with E-state index in [9.17, 15) is 28.1 Å². The molecule has 0 N–H and O–H groups in total. The van der Waals surface area contributed by atoms with Gasteiger partial charge in [0.25, 0.3) is 11.6 Å². The van der Waals surface area contributed by atoms with Gasteiger partial charge in [0.05, 0.1) is 35.1 Å². The number of rotatable bonds is 7. The Morgan fingerprint density at radius 1 is 1.21 bits per heavy atom. The summed E-state index contributed by atoms with van der Waals surface area (Å²) in [6.07, 6.45) is 2.34. The van der Waals surface area contributed by atoms with Crippen LogP contribution in [-0.4, -0.2) is 49.2 Å². The first-order valence-corrected chi connectivity index (χ1v) is 11.8. The first-order chi connectivity index (χ1) is 15.5. The van der Waals surface area contributed by atoms with Crippen molar-refractivity contribution in [1.29, 1.82) is 0 Å². The highest BCUT2D eigenvalue weighted by molar-refractivity contribution is 7.92. The predicted molar refractivity (Wildman–Crippen MR) is 123 cm³/mol. The third-order valence-electron chi connectivity index (χ3n) is 5.31. The lowest BCUT2D eigenvalue weighted by molar-refractivity contribution is -0.384. The Hall–Kier alpha value is -3.73. The molecule has 3 aromatic rings. The first kappa shape index (κ1) is 23.9. The number of methoxy groups -OCH3 is 1. The fraction of sp³-hybridized carbons (Fsp3) is 0.273. The Labute approximate surface area is 190 Å². The molecule has 174 valence electrons. The lowest BCUT2D eigenvalue weighted by atomic mass is 10.1. The third kappa shape index (κ3) is 4.44. The summed E-state index contributed by atoms with van der Waals surface area (Å²) in [6.45, 7) is 3.25. The summed E-state index contributed by atoms with van der Waals surface area (Å²) in [6, 6.07) is 9.31. The summed E-state index contributed by atoms with van der Waals surface area (Å²) in [5.41, 5.74) is 0.756. The highest BCUT2D eigenvalue weighted by Gasteiger charge is 2.35. The van der Waals surface area contributed by atoms with E-state index >= 15 is 0 Å². The van der Waals surface area contributed by atoms with Gasteiger partial charge in [-0.15, -0.1) is 0 Å². The topological polar surface area (TPSA) is 129 Å². The second-order valence-corrected chi connectivity index (χ2v) is 9.33. The van der Waals surface area contributed by atoms with Crippen LogP contribution in [0.2, 0.25) is 0 Å². The van der Waals surface area contributed by atoms with Crippen molar-refractivity contribution < 1.29 is 27.7 Å². The number of fused-ring (bicyclic) bond motifs is 1. The van der Waals surface area contributed by atoms with Crippen LogP contribution in [-0.2, 0) is 14.8 Å². The number of anilines is 1. The molecule has 0 aliphatic carbocycles. The molecular formula is C22H23N3O7S. The van der Waals surface area contributed by atoms with Crippen molar-refractivity contribution in [1.82, 2.24) is 4.57 Å². The molecule has 0 unspecified atom stereocenters. The Morgan fingerprint density at radius 2 is 1.88 bits per heavy atom. The van der Waals surface area contributed by atoms with Crippen molar-refractivity contribution in [3.05, 3.63) is 69.9 Å². The maximum Gasteiger partial charge on any atom is 0.340 e. The quantitative estimate of drug-likeness (QED) is 0.292. The van der Waals surface area contributed by atoms with E-state index in [1.165, 1.54) is 30.0 Å². The number of esters is 1. The molecule has 0 spiro atoms. The number of sulfonamides is 1. The summed E-state index contributed by atoms with van der Waals surface area (Å²) in [7, 11) is -2.81. The molecule has 0 aliphatic rings. The van der Waals surface area contributed by atoms with Crippen LogP contribution in [0.3, 0.4) is 0 Å². The van der Waals surface area contributed by atoms with Crippen molar-refractivity contribution in [2.45, 2.75) is 26.3 Å². The molecular weight excluding hydrogens is 450 g/mol. The molecule has 1 aromatic heterocycles.